The van der Waals surface area contributed by atoms with Gasteiger partial charge in [-0.2, -0.15) is 0 Å². The highest BCUT2D eigenvalue weighted by atomic mass is 16.2. The molecule has 0 aliphatic carbocycles. The van der Waals surface area contributed by atoms with Gasteiger partial charge in [0, 0.05) is 6.42 Å². The number of hydrogen-bond acceptors (Lipinski definition) is 2. The maximum Gasteiger partial charge on any atom is 0.240 e. The van der Waals surface area contributed by atoms with Crippen LogP contribution >= 0.6 is 0 Å². The zero-order valence-corrected chi connectivity index (χ0v) is 15.1. The number of fused-ring (bicyclic) bond motifs is 1. The molecule has 25 heavy (non-hydrogen) atoms. The van der Waals surface area contributed by atoms with Crippen LogP contribution in [0.1, 0.15) is 43.3 Å². The van der Waals surface area contributed by atoms with Gasteiger partial charge in [0.15, 0.2) is 0 Å². The molecule has 0 aliphatic rings. The normalized spacial score (nSPS) is 12.3. The lowest BCUT2D eigenvalue weighted by molar-refractivity contribution is -0.122. The number of nitrogens with one attached hydrogen (secondary N) is 1. The summed E-state index contributed by atoms with van der Waals surface area (Å²) in [5, 5.41) is 3.17. The van der Waals surface area contributed by atoms with Crippen molar-refractivity contribution in [3.05, 3.63) is 65.5 Å². The van der Waals surface area contributed by atoms with Crippen LogP contribution < -0.4 is 5.32 Å². The highest BCUT2D eigenvalue weighted by molar-refractivity contribution is 5.81. The van der Waals surface area contributed by atoms with Gasteiger partial charge in [-0.1, -0.05) is 55.8 Å². The van der Waals surface area contributed by atoms with E-state index in [0.29, 0.717) is 6.54 Å². The summed E-state index contributed by atoms with van der Waals surface area (Å²) in [4.78, 5) is 17.3. The summed E-state index contributed by atoms with van der Waals surface area (Å²) in [7, 11) is 0. The fraction of sp³-hybridized carbons (Fsp3) is 0.333. The van der Waals surface area contributed by atoms with Crippen molar-refractivity contribution in [1.29, 1.82) is 0 Å². The Balaban J connectivity index is 1.79. The van der Waals surface area contributed by atoms with E-state index < -0.39 is 0 Å². The summed E-state index contributed by atoms with van der Waals surface area (Å²) >= 11 is 0. The molecule has 1 unspecified atom stereocenters. The van der Waals surface area contributed by atoms with Crippen molar-refractivity contribution < 1.29 is 4.79 Å². The largest absolute Gasteiger partial charge is 0.348 e. The van der Waals surface area contributed by atoms with E-state index in [1.807, 2.05) is 28.8 Å². The molecule has 0 fully saturated rings. The molecule has 0 saturated heterocycles. The molecule has 0 bridgehead atoms. The molecule has 1 aromatic heterocycles. The van der Waals surface area contributed by atoms with Gasteiger partial charge in [0.25, 0.3) is 0 Å². The Labute approximate surface area is 148 Å². The van der Waals surface area contributed by atoms with Gasteiger partial charge in [-0.25, -0.2) is 4.98 Å². The van der Waals surface area contributed by atoms with Crippen molar-refractivity contribution in [3.8, 4) is 0 Å². The van der Waals surface area contributed by atoms with Crippen LogP contribution in [-0.4, -0.2) is 15.5 Å². The maximum atomic E-state index is 12.7. The Kier molecular flexibility index (Phi) is 5.17. The number of amides is 1. The van der Waals surface area contributed by atoms with Gasteiger partial charge in [-0.3, -0.25) is 4.79 Å². The Morgan fingerprint density at radius 1 is 1.12 bits per heavy atom. The average Bonchev–Trinajstić information content (AvgIpc) is 2.98. The summed E-state index contributed by atoms with van der Waals surface area (Å²) in [5.41, 5.74) is 4.32. The fourth-order valence-electron chi connectivity index (χ4n) is 3.18. The van der Waals surface area contributed by atoms with E-state index >= 15 is 0 Å². The molecule has 3 aromatic rings. The van der Waals surface area contributed by atoms with Crippen LogP contribution in [0.25, 0.3) is 11.0 Å². The molecule has 1 atom stereocenters. The molecule has 3 rings (SSSR count). The van der Waals surface area contributed by atoms with E-state index in [9.17, 15) is 4.79 Å². The topological polar surface area (TPSA) is 46.9 Å². The van der Waals surface area contributed by atoms with Gasteiger partial charge in [-0.15, -0.1) is 0 Å². The van der Waals surface area contributed by atoms with Gasteiger partial charge in [0.05, 0.1) is 17.1 Å². The predicted octanol–water partition coefficient (Wildman–Crippen LogP) is 4.17. The van der Waals surface area contributed by atoms with Crippen molar-refractivity contribution in [2.75, 3.05) is 0 Å². The molecular formula is C21H25N3O. The first-order valence-electron chi connectivity index (χ1n) is 8.92. The van der Waals surface area contributed by atoms with Crippen molar-refractivity contribution in [1.82, 2.24) is 14.9 Å². The molecule has 1 heterocycles. The van der Waals surface area contributed by atoms with Gasteiger partial charge < -0.3 is 9.88 Å². The molecule has 2 aromatic carbocycles. The van der Waals surface area contributed by atoms with Crippen LogP contribution in [0.3, 0.4) is 0 Å². The lowest BCUT2D eigenvalue weighted by atomic mass is 10.0. The molecule has 0 radical (unpaired) electrons. The van der Waals surface area contributed by atoms with Crippen molar-refractivity contribution in [2.45, 2.75) is 46.2 Å². The van der Waals surface area contributed by atoms with Crippen LogP contribution in [0.15, 0.2) is 48.5 Å². The average molecular weight is 335 g/mol. The minimum Gasteiger partial charge on any atom is -0.348 e. The number of aryl methyl sites for hydroxylation is 2. The number of carbonyl (C=O) groups excluding carboxylic acids is 1. The second-order valence-electron chi connectivity index (χ2n) is 6.40. The fourth-order valence-corrected chi connectivity index (χ4v) is 3.18. The Morgan fingerprint density at radius 3 is 2.52 bits per heavy atom. The SMILES string of the molecule is CCc1nc2ccccc2n1CC(=O)NC(CC)c1ccc(C)cc1. The van der Waals surface area contributed by atoms with Gasteiger partial charge in [0.2, 0.25) is 5.91 Å². The Hall–Kier alpha value is -2.62. The zero-order valence-electron chi connectivity index (χ0n) is 15.1. The lowest BCUT2D eigenvalue weighted by Crippen LogP contribution is -2.31. The van der Waals surface area contributed by atoms with Gasteiger partial charge in [0.1, 0.15) is 12.4 Å². The number of benzene rings is 2. The molecule has 0 aliphatic heterocycles. The first-order valence-corrected chi connectivity index (χ1v) is 8.92. The van der Waals surface area contributed by atoms with E-state index in [-0.39, 0.29) is 11.9 Å². The number of carbonyl (C=O) groups is 1. The number of rotatable bonds is 6. The van der Waals surface area contributed by atoms with E-state index in [2.05, 4.69) is 55.3 Å². The lowest BCUT2D eigenvalue weighted by Gasteiger charge is -2.18. The summed E-state index contributed by atoms with van der Waals surface area (Å²) in [6.45, 7) is 6.53. The smallest absolute Gasteiger partial charge is 0.240 e. The van der Waals surface area contributed by atoms with Crippen LogP contribution in [0.2, 0.25) is 0 Å². The highest BCUT2D eigenvalue weighted by Crippen LogP contribution is 2.19. The quantitative estimate of drug-likeness (QED) is 0.735. The molecule has 1 amide bonds. The maximum absolute atomic E-state index is 12.7. The Morgan fingerprint density at radius 2 is 1.84 bits per heavy atom. The molecule has 130 valence electrons. The second-order valence-corrected chi connectivity index (χ2v) is 6.40. The number of nitrogens with zero attached hydrogens (tertiary/aromatic N) is 2. The third kappa shape index (κ3) is 3.73. The predicted molar refractivity (Wildman–Crippen MR) is 101 cm³/mol. The number of imidazole rings is 1. The molecule has 0 spiro atoms. The first kappa shape index (κ1) is 17.2. The second kappa shape index (κ2) is 7.51. The standard InChI is InChI=1S/C21H25N3O/c1-4-17(16-12-10-15(3)11-13-16)23-21(25)14-24-19-9-7-6-8-18(19)22-20(24)5-2/h6-13,17H,4-5,14H2,1-3H3,(H,23,25). The van der Waals surface area contributed by atoms with E-state index in [1.165, 1.54) is 5.56 Å². The van der Waals surface area contributed by atoms with Crippen LogP contribution in [-0.2, 0) is 17.8 Å². The van der Waals surface area contributed by atoms with Gasteiger partial charge >= 0.3 is 0 Å². The van der Waals surface area contributed by atoms with Crippen LogP contribution in [0, 0.1) is 6.92 Å². The number of aromatic nitrogens is 2. The van der Waals surface area contributed by atoms with Crippen LogP contribution in [0.4, 0.5) is 0 Å². The number of para-hydroxylation sites is 2. The minimum atomic E-state index is 0.0188. The van der Waals surface area contributed by atoms with Crippen molar-refractivity contribution in [2.24, 2.45) is 0 Å². The van der Waals surface area contributed by atoms with E-state index in [0.717, 1.165) is 35.3 Å². The minimum absolute atomic E-state index is 0.0188. The Bertz CT molecular complexity index is 864. The van der Waals surface area contributed by atoms with E-state index in [1.54, 1.807) is 0 Å². The number of hydrogen-bond donors (Lipinski definition) is 1. The molecule has 0 saturated carbocycles. The molecule has 4 nitrogen and oxygen atoms in total. The third-order valence-electron chi connectivity index (χ3n) is 4.57. The summed E-state index contributed by atoms with van der Waals surface area (Å²) in [5.74, 6) is 0.963. The summed E-state index contributed by atoms with van der Waals surface area (Å²) in [6, 6.07) is 16.4. The molecule has 1 N–H and O–H groups in total. The summed E-state index contributed by atoms with van der Waals surface area (Å²) in [6.07, 6.45) is 1.66. The summed E-state index contributed by atoms with van der Waals surface area (Å²) < 4.78 is 2.02. The zero-order chi connectivity index (χ0) is 17.8. The van der Waals surface area contributed by atoms with Crippen molar-refractivity contribution in [3.63, 3.8) is 0 Å². The molecular weight excluding hydrogens is 310 g/mol. The van der Waals surface area contributed by atoms with Crippen molar-refractivity contribution >= 4 is 16.9 Å². The van der Waals surface area contributed by atoms with Crippen LogP contribution in [0.5, 0.6) is 0 Å². The monoisotopic (exact) mass is 335 g/mol. The third-order valence-corrected chi connectivity index (χ3v) is 4.57. The van der Waals surface area contributed by atoms with Gasteiger partial charge in [-0.05, 0) is 31.0 Å². The first-order chi connectivity index (χ1) is 12.1. The van der Waals surface area contributed by atoms with E-state index in [4.69, 9.17) is 0 Å². The molecule has 4 heteroatoms. The highest BCUT2D eigenvalue weighted by Gasteiger charge is 2.16.